The molecule has 55 heavy (non-hydrogen) atoms. The highest BCUT2D eigenvalue weighted by atomic mass is 31.2. The van der Waals surface area contributed by atoms with Gasteiger partial charge in [-0.2, -0.15) is 0 Å². The molecule has 0 heterocycles. The van der Waals surface area contributed by atoms with Crippen molar-refractivity contribution in [3.63, 3.8) is 0 Å². The van der Waals surface area contributed by atoms with Gasteiger partial charge in [0.1, 0.15) is 13.2 Å². The molecule has 0 rings (SSSR count). The van der Waals surface area contributed by atoms with Gasteiger partial charge in [-0.1, -0.05) is 212 Å². The van der Waals surface area contributed by atoms with Crippen LogP contribution in [0.25, 0.3) is 0 Å². The summed E-state index contributed by atoms with van der Waals surface area (Å²) in [5.41, 5.74) is 0. The van der Waals surface area contributed by atoms with Crippen LogP contribution in [0.4, 0.5) is 0 Å². The zero-order valence-electron chi connectivity index (χ0n) is 37.1. The van der Waals surface area contributed by atoms with Crippen molar-refractivity contribution in [1.29, 1.82) is 0 Å². The SMILES string of the molecule is CCCCCCCCCCCCCCCCCCCCC/C=C/C(O)C(COP(=O)([O-])OCC[N+](C)(C)C)NC(=O)CCCCCCCCCCCCCC. The van der Waals surface area contributed by atoms with E-state index in [1.807, 2.05) is 27.2 Å². The predicted molar refractivity (Wildman–Crippen MR) is 233 cm³/mol. The number of rotatable bonds is 43. The largest absolute Gasteiger partial charge is 0.756 e. The first-order chi connectivity index (χ1) is 26.5. The van der Waals surface area contributed by atoms with E-state index in [2.05, 4.69) is 19.2 Å². The van der Waals surface area contributed by atoms with Crippen molar-refractivity contribution < 1.29 is 32.9 Å². The number of amides is 1. The molecule has 1 amide bonds. The van der Waals surface area contributed by atoms with Gasteiger partial charge in [0.25, 0.3) is 7.82 Å². The Morgan fingerprint density at radius 3 is 1.36 bits per heavy atom. The molecule has 2 N–H and O–H groups in total. The summed E-state index contributed by atoms with van der Waals surface area (Å²) in [5, 5.41) is 13.8. The Kier molecular flexibility index (Phi) is 38.2. The monoisotopic (exact) mass is 801 g/mol. The summed E-state index contributed by atoms with van der Waals surface area (Å²) in [6.07, 6.45) is 44.0. The second kappa shape index (κ2) is 38.7. The van der Waals surface area contributed by atoms with Crippen LogP contribution in [0.2, 0.25) is 0 Å². The van der Waals surface area contributed by atoms with Gasteiger partial charge in [-0.3, -0.25) is 9.36 Å². The number of likely N-dealkylation sites (N-methyl/N-ethyl adjacent to an activating group) is 1. The smallest absolute Gasteiger partial charge is 0.268 e. The number of nitrogens with one attached hydrogen (secondary N) is 1. The van der Waals surface area contributed by atoms with Crippen LogP contribution in [0.5, 0.6) is 0 Å². The Morgan fingerprint density at radius 1 is 0.618 bits per heavy atom. The predicted octanol–water partition coefficient (Wildman–Crippen LogP) is 12.5. The molecule has 8 nitrogen and oxygen atoms in total. The van der Waals surface area contributed by atoms with Crippen molar-refractivity contribution in [1.82, 2.24) is 5.32 Å². The third kappa shape index (κ3) is 41.2. The number of allylic oxidation sites excluding steroid dienone is 1. The number of phosphoric ester groups is 1. The number of aliphatic hydroxyl groups is 1. The molecule has 0 saturated heterocycles. The minimum Gasteiger partial charge on any atom is -0.756 e. The molecular weight excluding hydrogens is 707 g/mol. The lowest BCUT2D eigenvalue weighted by Crippen LogP contribution is -2.45. The van der Waals surface area contributed by atoms with Crippen LogP contribution >= 0.6 is 7.82 Å². The first-order valence-corrected chi connectivity index (χ1v) is 25.0. The number of carbonyl (C=O) groups is 1. The minimum atomic E-state index is -4.58. The van der Waals surface area contributed by atoms with Gasteiger partial charge in [0.2, 0.25) is 5.91 Å². The maximum atomic E-state index is 12.8. The molecule has 0 fully saturated rings. The molecule has 0 aromatic carbocycles. The Morgan fingerprint density at radius 2 is 0.982 bits per heavy atom. The van der Waals surface area contributed by atoms with Gasteiger partial charge < -0.3 is 28.8 Å². The second-order valence-corrected chi connectivity index (χ2v) is 18.9. The summed E-state index contributed by atoms with van der Waals surface area (Å²) in [6, 6.07) is -0.879. The van der Waals surface area contributed by atoms with Crippen molar-refractivity contribution in [3.05, 3.63) is 12.2 Å². The number of hydrogen-bond donors (Lipinski definition) is 2. The van der Waals surface area contributed by atoms with Crippen LogP contribution in [-0.2, 0) is 18.4 Å². The number of phosphoric acid groups is 1. The molecule has 0 aliphatic carbocycles. The maximum absolute atomic E-state index is 12.8. The fourth-order valence-corrected chi connectivity index (χ4v) is 7.70. The third-order valence-electron chi connectivity index (χ3n) is 10.7. The standard InChI is InChI=1S/C46H93N2O6P/c1-6-8-10-12-14-16-18-20-21-22-23-24-25-26-27-28-29-31-33-35-37-39-45(49)44(43-54-55(51,52)53-42-41-48(3,4)5)47-46(50)40-38-36-34-32-30-19-17-15-13-11-9-7-2/h37,39,44-45,49H,6-36,38,40-43H2,1-5H3,(H-,47,50,51,52)/b39-37+. The molecule has 0 aliphatic heterocycles. The lowest BCUT2D eigenvalue weighted by molar-refractivity contribution is -0.870. The molecule has 328 valence electrons. The van der Waals surface area contributed by atoms with Crippen molar-refractivity contribution in [2.24, 2.45) is 0 Å². The number of unbranched alkanes of at least 4 members (excludes halogenated alkanes) is 30. The number of aliphatic hydroxyl groups excluding tert-OH is 1. The molecule has 0 spiro atoms. The van der Waals surface area contributed by atoms with E-state index in [1.54, 1.807) is 6.08 Å². The summed E-state index contributed by atoms with van der Waals surface area (Å²) in [7, 11) is 1.27. The number of carbonyl (C=O) groups excluding carboxylic acids is 1. The molecule has 0 aliphatic rings. The molecule has 9 heteroatoms. The summed E-state index contributed by atoms with van der Waals surface area (Å²) in [5.74, 6) is -0.196. The second-order valence-electron chi connectivity index (χ2n) is 17.5. The van der Waals surface area contributed by atoms with E-state index in [0.29, 0.717) is 17.4 Å². The van der Waals surface area contributed by atoms with Crippen LogP contribution < -0.4 is 10.2 Å². The maximum Gasteiger partial charge on any atom is 0.268 e. The lowest BCUT2D eigenvalue weighted by Gasteiger charge is -2.29. The average Bonchev–Trinajstić information content (AvgIpc) is 3.13. The molecule has 0 aromatic rings. The highest BCUT2D eigenvalue weighted by Gasteiger charge is 2.23. The average molecular weight is 801 g/mol. The fraction of sp³-hybridized carbons (Fsp3) is 0.935. The van der Waals surface area contributed by atoms with Crippen LogP contribution in [0.1, 0.15) is 226 Å². The van der Waals surface area contributed by atoms with Gasteiger partial charge in [-0.25, -0.2) is 0 Å². The summed E-state index contributed by atoms with van der Waals surface area (Å²) < 4.78 is 23.2. The van der Waals surface area contributed by atoms with E-state index in [0.717, 1.165) is 38.5 Å². The summed E-state index contributed by atoms with van der Waals surface area (Å²) >= 11 is 0. The quantitative estimate of drug-likeness (QED) is 0.0275. The molecule has 0 bridgehead atoms. The van der Waals surface area contributed by atoms with E-state index in [9.17, 15) is 19.4 Å². The van der Waals surface area contributed by atoms with E-state index in [-0.39, 0.29) is 19.1 Å². The molecular formula is C46H93N2O6P. The highest BCUT2D eigenvalue weighted by molar-refractivity contribution is 7.45. The first kappa shape index (κ1) is 54.2. The van der Waals surface area contributed by atoms with Crippen molar-refractivity contribution in [2.45, 2.75) is 238 Å². The molecule has 0 radical (unpaired) electrons. The van der Waals surface area contributed by atoms with E-state index in [1.165, 1.54) is 167 Å². The number of hydrogen-bond acceptors (Lipinski definition) is 6. The Balaban J connectivity index is 4.31. The fourth-order valence-electron chi connectivity index (χ4n) is 6.98. The molecule has 0 aromatic heterocycles. The number of quaternary nitrogens is 1. The van der Waals surface area contributed by atoms with Gasteiger partial charge >= 0.3 is 0 Å². The third-order valence-corrected chi connectivity index (χ3v) is 11.7. The van der Waals surface area contributed by atoms with Gasteiger partial charge in [0.15, 0.2) is 0 Å². The van der Waals surface area contributed by atoms with Gasteiger partial charge in [-0.15, -0.1) is 0 Å². The molecule has 0 saturated carbocycles. The Hall–Kier alpha value is -0.760. The van der Waals surface area contributed by atoms with E-state index < -0.39 is 20.0 Å². The van der Waals surface area contributed by atoms with Crippen LogP contribution in [0.3, 0.4) is 0 Å². The van der Waals surface area contributed by atoms with Gasteiger partial charge in [0.05, 0.1) is 39.9 Å². The van der Waals surface area contributed by atoms with Gasteiger partial charge in [0, 0.05) is 6.42 Å². The van der Waals surface area contributed by atoms with Crippen LogP contribution in [-0.4, -0.2) is 68.5 Å². The highest BCUT2D eigenvalue weighted by Crippen LogP contribution is 2.38. The molecule has 3 atom stereocenters. The van der Waals surface area contributed by atoms with Crippen molar-refractivity contribution in [3.8, 4) is 0 Å². The Bertz CT molecular complexity index is 911. The van der Waals surface area contributed by atoms with E-state index >= 15 is 0 Å². The topological polar surface area (TPSA) is 108 Å². The zero-order chi connectivity index (χ0) is 40.7. The van der Waals surface area contributed by atoms with Crippen LogP contribution in [0, 0.1) is 0 Å². The van der Waals surface area contributed by atoms with Crippen LogP contribution in [0.15, 0.2) is 12.2 Å². The van der Waals surface area contributed by atoms with E-state index in [4.69, 9.17) is 9.05 Å². The first-order valence-electron chi connectivity index (χ1n) is 23.6. The molecule has 3 unspecified atom stereocenters. The summed E-state index contributed by atoms with van der Waals surface area (Å²) in [6.45, 7) is 4.66. The van der Waals surface area contributed by atoms with Crippen molar-refractivity contribution >= 4 is 13.7 Å². The normalized spacial score (nSPS) is 14.4. The lowest BCUT2D eigenvalue weighted by atomic mass is 10.0. The Labute approximate surface area is 342 Å². The van der Waals surface area contributed by atoms with Gasteiger partial charge in [-0.05, 0) is 19.3 Å². The summed E-state index contributed by atoms with van der Waals surface area (Å²) in [4.78, 5) is 25.3. The number of nitrogens with zero attached hydrogens (tertiary/aromatic N) is 1. The van der Waals surface area contributed by atoms with Crippen molar-refractivity contribution in [2.75, 3.05) is 40.9 Å². The minimum absolute atomic E-state index is 0.00214. The zero-order valence-corrected chi connectivity index (χ0v) is 38.0.